The fourth-order valence-corrected chi connectivity index (χ4v) is 5.35. The fraction of sp³-hybridized carbons (Fsp3) is 0.167. The highest BCUT2D eigenvalue weighted by Gasteiger charge is 2.20. The van der Waals surface area contributed by atoms with Crippen molar-refractivity contribution in [3.05, 3.63) is 87.4 Å². The Kier molecular flexibility index (Phi) is 5.44. The van der Waals surface area contributed by atoms with Crippen LogP contribution < -0.4 is 5.32 Å². The maximum Gasteiger partial charge on any atom is 0.226 e. The third-order valence-electron chi connectivity index (χ3n) is 5.23. The van der Waals surface area contributed by atoms with Gasteiger partial charge in [0.2, 0.25) is 5.91 Å². The van der Waals surface area contributed by atoms with Crippen LogP contribution in [0.3, 0.4) is 0 Å². The largest absolute Gasteiger partial charge is 0.459 e. The van der Waals surface area contributed by atoms with Crippen molar-refractivity contribution >= 4 is 39.5 Å². The Labute approximate surface area is 187 Å². The van der Waals surface area contributed by atoms with Crippen LogP contribution in [0.4, 0.5) is 0 Å². The highest BCUT2D eigenvalue weighted by molar-refractivity contribution is 7.13. The number of hydrogen-bond donors (Lipinski definition) is 2. The van der Waals surface area contributed by atoms with Crippen molar-refractivity contribution in [2.75, 3.05) is 6.54 Å². The Morgan fingerprint density at radius 2 is 2.06 bits per heavy atom. The molecule has 4 heterocycles. The van der Waals surface area contributed by atoms with Gasteiger partial charge in [-0.05, 0) is 42.1 Å². The van der Waals surface area contributed by atoms with E-state index in [9.17, 15) is 4.79 Å². The minimum absolute atomic E-state index is 0.0335. The molecule has 0 saturated heterocycles. The fourth-order valence-electron chi connectivity index (χ4n) is 3.73. The van der Waals surface area contributed by atoms with E-state index in [4.69, 9.17) is 4.42 Å². The highest BCUT2D eigenvalue weighted by Crippen LogP contribution is 2.33. The van der Waals surface area contributed by atoms with Crippen LogP contribution in [0.25, 0.3) is 21.7 Å². The van der Waals surface area contributed by atoms with Crippen LogP contribution in [0, 0.1) is 6.92 Å². The number of rotatable bonds is 7. The molecule has 1 amide bonds. The van der Waals surface area contributed by atoms with Crippen molar-refractivity contribution in [1.29, 1.82) is 0 Å². The van der Waals surface area contributed by atoms with Gasteiger partial charge in [-0.15, -0.1) is 22.7 Å². The SMILES string of the molecule is Cc1ccc(-c2nc(CC(=O)NCC(c3cccs3)c3c[nH]c4ccccc34)cs2)o1. The lowest BCUT2D eigenvalue weighted by Crippen LogP contribution is -2.30. The number of fused-ring (bicyclic) bond motifs is 1. The van der Waals surface area contributed by atoms with Crippen LogP contribution in [0.2, 0.25) is 0 Å². The van der Waals surface area contributed by atoms with Crippen molar-refractivity contribution < 1.29 is 9.21 Å². The van der Waals surface area contributed by atoms with Gasteiger partial charge in [0.1, 0.15) is 5.76 Å². The first-order valence-corrected chi connectivity index (χ1v) is 11.8. The minimum atomic E-state index is -0.0335. The van der Waals surface area contributed by atoms with Gasteiger partial charge in [-0.2, -0.15) is 0 Å². The highest BCUT2D eigenvalue weighted by atomic mass is 32.1. The quantitative estimate of drug-likeness (QED) is 0.334. The molecule has 4 aromatic heterocycles. The van der Waals surface area contributed by atoms with Crippen LogP contribution in [0.5, 0.6) is 0 Å². The second-order valence-corrected chi connectivity index (χ2v) is 9.23. The number of para-hydroxylation sites is 1. The summed E-state index contributed by atoms with van der Waals surface area (Å²) < 4.78 is 5.63. The van der Waals surface area contributed by atoms with Crippen molar-refractivity contribution in [1.82, 2.24) is 15.3 Å². The van der Waals surface area contributed by atoms with Crippen LogP contribution in [-0.2, 0) is 11.2 Å². The van der Waals surface area contributed by atoms with E-state index in [0.29, 0.717) is 6.54 Å². The standard InChI is InChI=1S/C24H21N3O2S2/c1-15-8-9-21(29-15)24-27-16(14-31-24)11-23(28)26-13-19(22-7-4-10-30-22)18-12-25-20-6-3-2-5-17(18)20/h2-10,12,14,19,25H,11,13H2,1H3,(H,26,28). The molecule has 0 aliphatic carbocycles. The zero-order valence-electron chi connectivity index (χ0n) is 16.9. The number of hydrogen-bond acceptors (Lipinski definition) is 5. The van der Waals surface area contributed by atoms with Crippen LogP contribution in [-0.4, -0.2) is 22.4 Å². The summed E-state index contributed by atoms with van der Waals surface area (Å²) in [6.45, 7) is 2.44. The van der Waals surface area contributed by atoms with E-state index in [-0.39, 0.29) is 18.2 Å². The lowest BCUT2D eigenvalue weighted by Gasteiger charge is -2.16. The van der Waals surface area contributed by atoms with E-state index in [2.05, 4.69) is 51.1 Å². The third kappa shape index (κ3) is 4.19. The van der Waals surface area contributed by atoms with Gasteiger partial charge in [-0.1, -0.05) is 24.3 Å². The summed E-state index contributed by atoms with van der Waals surface area (Å²) in [7, 11) is 0. The van der Waals surface area contributed by atoms with E-state index in [0.717, 1.165) is 27.7 Å². The minimum Gasteiger partial charge on any atom is -0.459 e. The maximum absolute atomic E-state index is 12.7. The molecule has 5 nitrogen and oxygen atoms in total. The second kappa shape index (κ2) is 8.53. The summed E-state index contributed by atoms with van der Waals surface area (Å²) in [6, 6.07) is 16.3. The van der Waals surface area contributed by atoms with E-state index >= 15 is 0 Å². The Morgan fingerprint density at radius 3 is 2.87 bits per heavy atom. The maximum atomic E-state index is 12.7. The first kappa shape index (κ1) is 19.8. The van der Waals surface area contributed by atoms with Crippen LogP contribution >= 0.6 is 22.7 Å². The topological polar surface area (TPSA) is 70.9 Å². The van der Waals surface area contributed by atoms with Crippen molar-refractivity contribution in [2.24, 2.45) is 0 Å². The molecule has 1 unspecified atom stereocenters. The number of benzene rings is 1. The number of aromatic nitrogens is 2. The zero-order valence-corrected chi connectivity index (χ0v) is 18.6. The summed E-state index contributed by atoms with van der Waals surface area (Å²) in [4.78, 5) is 21.8. The van der Waals surface area contributed by atoms with E-state index in [1.165, 1.54) is 27.2 Å². The Hall–Kier alpha value is -3.16. The number of furan rings is 1. The number of carbonyl (C=O) groups excluding carboxylic acids is 1. The molecule has 0 spiro atoms. The molecule has 7 heteroatoms. The van der Waals surface area contributed by atoms with Gasteiger partial charge in [0, 0.05) is 39.8 Å². The number of thiazole rings is 1. The van der Waals surface area contributed by atoms with Gasteiger partial charge in [-0.3, -0.25) is 4.79 Å². The summed E-state index contributed by atoms with van der Waals surface area (Å²) in [5.41, 5.74) is 3.06. The Bertz CT molecular complexity index is 1310. The van der Waals surface area contributed by atoms with Gasteiger partial charge in [0.15, 0.2) is 10.8 Å². The monoisotopic (exact) mass is 447 g/mol. The molecular weight excluding hydrogens is 426 g/mol. The molecular formula is C24H21N3O2S2. The zero-order chi connectivity index (χ0) is 21.2. The molecule has 0 aliphatic rings. The van der Waals surface area contributed by atoms with Crippen molar-refractivity contribution in [3.8, 4) is 10.8 Å². The number of nitrogens with one attached hydrogen (secondary N) is 2. The lowest BCUT2D eigenvalue weighted by molar-refractivity contribution is -0.120. The molecule has 0 radical (unpaired) electrons. The average molecular weight is 448 g/mol. The van der Waals surface area contributed by atoms with Gasteiger partial charge < -0.3 is 14.7 Å². The molecule has 156 valence electrons. The lowest BCUT2D eigenvalue weighted by atomic mass is 9.96. The average Bonchev–Trinajstić information content (AvgIpc) is 3.56. The van der Waals surface area contributed by atoms with E-state index in [1.54, 1.807) is 11.3 Å². The molecule has 0 saturated carbocycles. The number of carbonyl (C=O) groups is 1. The number of aromatic amines is 1. The van der Waals surface area contributed by atoms with Crippen molar-refractivity contribution in [3.63, 3.8) is 0 Å². The van der Waals surface area contributed by atoms with E-state index in [1.807, 2.05) is 36.6 Å². The van der Waals surface area contributed by atoms with Gasteiger partial charge >= 0.3 is 0 Å². The summed E-state index contributed by atoms with van der Waals surface area (Å²) in [6.07, 6.45) is 2.31. The molecule has 0 aliphatic heterocycles. The molecule has 0 bridgehead atoms. The number of nitrogens with zero attached hydrogens (tertiary/aromatic N) is 1. The third-order valence-corrected chi connectivity index (χ3v) is 7.12. The molecule has 1 atom stereocenters. The smallest absolute Gasteiger partial charge is 0.226 e. The van der Waals surface area contributed by atoms with Gasteiger partial charge in [0.25, 0.3) is 0 Å². The molecule has 31 heavy (non-hydrogen) atoms. The van der Waals surface area contributed by atoms with Crippen molar-refractivity contribution in [2.45, 2.75) is 19.3 Å². The molecule has 5 aromatic rings. The number of H-pyrrole nitrogens is 1. The molecule has 0 fully saturated rings. The Balaban J connectivity index is 1.30. The van der Waals surface area contributed by atoms with Gasteiger partial charge in [-0.25, -0.2) is 4.98 Å². The number of aryl methyl sites for hydroxylation is 1. The summed E-state index contributed by atoms with van der Waals surface area (Å²) in [5, 5.41) is 9.10. The molecule has 5 rings (SSSR count). The van der Waals surface area contributed by atoms with Crippen LogP contribution in [0.15, 0.2) is 69.9 Å². The second-order valence-electron chi connectivity index (χ2n) is 7.39. The van der Waals surface area contributed by atoms with Gasteiger partial charge in [0.05, 0.1) is 12.1 Å². The predicted octanol–water partition coefficient (Wildman–Crippen LogP) is 5.75. The first-order valence-electron chi connectivity index (χ1n) is 10.0. The van der Waals surface area contributed by atoms with E-state index < -0.39 is 0 Å². The summed E-state index contributed by atoms with van der Waals surface area (Å²) >= 11 is 3.20. The molecule has 2 N–H and O–H groups in total. The Morgan fingerprint density at radius 1 is 1.16 bits per heavy atom. The normalized spacial score (nSPS) is 12.3. The van der Waals surface area contributed by atoms with Crippen LogP contribution in [0.1, 0.15) is 27.8 Å². The number of thiophene rings is 1. The predicted molar refractivity (Wildman–Crippen MR) is 126 cm³/mol. The summed E-state index contributed by atoms with van der Waals surface area (Å²) in [5.74, 6) is 1.65. The first-order chi connectivity index (χ1) is 15.2. The number of amides is 1. The molecule has 1 aromatic carbocycles.